The van der Waals surface area contributed by atoms with Gasteiger partial charge in [-0.15, -0.1) is 0 Å². The van der Waals surface area contributed by atoms with Crippen LogP contribution in [0.4, 0.5) is 0 Å². The molecule has 80 valence electrons. The van der Waals surface area contributed by atoms with Crippen molar-refractivity contribution < 1.29 is 0 Å². The average molecular weight is 195 g/mol. The Kier molecular flexibility index (Phi) is 2.41. The van der Waals surface area contributed by atoms with Crippen molar-refractivity contribution in [1.29, 1.82) is 0 Å². The van der Waals surface area contributed by atoms with Gasteiger partial charge in [0, 0.05) is 19.1 Å². The van der Waals surface area contributed by atoms with Crippen LogP contribution in [0.15, 0.2) is 4.99 Å². The first kappa shape index (κ1) is 9.81. The van der Waals surface area contributed by atoms with Crippen molar-refractivity contribution in [3.05, 3.63) is 0 Å². The van der Waals surface area contributed by atoms with Crippen LogP contribution in [0.2, 0.25) is 0 Å². The molecule has 2 rings (SSSR count). The second kappa shape index (κ2) is 3.44. The minimum absolute atomic E-state index is 0.505. The van der Waals surface area contributed by atoms with Crippen molar-refractivity contribution in [1.82, 2.24) is 10.2 Å². The van der Waals surface area contributed by atoms with E-state index in [1.54, 1.807) is 0 Å². The second-order valence-corrected chi connectivity index (χ2v) is 5.16. The van der Waals surface area contributed by atoms with E-state index in [9.17, 15) is 0 Å². The van der Waals surface area contributed by atoms with Gasteiger partial charge in [0.2, 0.25) is 0 Å². The second-order valence-electron chi connectivity index (χ2n) is 5.16. The Balaban J connectivity index is 2.01. The minimum atomic E-state index is 0.505. The summed E-state index contributed by atoms with van der Waals surface area (Å²) in [6, 6.07) is 1.10. The predicted octanol–water partition coefficient (Wildman–Crippen LogP) is 1.31. The number of fused-ring (bicyclic) bond motifs is 1. The van der Waals surface area contributed by atoms with Crippen LogP contribution >= 0.6 is 0 Å². The van der Waals surface area contributed by atoms with Gasteiger partial charge in [-0.2, -0.15) is 0 Å². The number of hydrogen-bond acceptors (Lipinski definition) is 3. The lowest BCUT2D eigenvalue weighted by molar-refractivity contribution is 0.357. The third kappa shape index (κ3) is 1.60. The molecule has 2 aliphatic heterocycles. The van der Waals surface area contributed by atoms with E-state index in [1.165, 1.54) is 0 Å². The lowest BCUT2D eigenvalue weighted by Crippen LogP contribution is -2.32. The number of hydrogen-bond donors (Lipinski definition) is 1. The summed E-state index contributed by atoms with van der Waals surface area (Å²) in [5.74, 6) is 2.50. The van der Waals surface area contributed by atoms with Crippen LogP contribution in [0.1, 0.15) is 27.7 Å². The summed E-state index contributed by atoms with van der Waals surface area (Å²) in [6.07, 6.45) is 0. The molecule has 1 saturated heterocycles. The van der Waals surface area contributed by atoms with Crippen molar-refractivity contribution in [2.45, 2.75) is 39.8 Å². The van der Waals surface area contributed by atoms with Crippen LogP contribution in [0.3, 0.4) is 0 Å². The highest BCUT2D eigenvalue weighted by Crippen LogP contribution is 2.21. The summed E-state index contributed by atoms with van der Waals surface area (Å²) >= 11 is 0. The Hall–Kier alpha value is -0.730. The van der Waals surface area contributed by atoms with E-state index in [4.69, 9.17) is 4.99 Å². The summed E-state index contributed by atoms with van der Waals surface area (Å²) in [6.45, 7) is 11.3. The molecule has 0 spiro atoms. The Morgan fingerprint density at radius 2 is 1.93 bits per heavy atom. The molecule has 2 heterocycles. The molecule has 0 amide bonds. The first-order valence-electron chi connectivity index (χ1n) is 5.67. The molecule has 0 aliphatic carbocycles. The van der Waals surface area contributed by atoms with Crippen molar-refractivity contribution in [3.8, 4) is 0 Å². The van der Waals surface area contributed by atoms with Gasteiger partial charge in [-0.3, -0.25) is 0 Å². The van der Waals surface area contributed by atoms with Gasteiger partial charge in [-0.05, 0) is 11.8 Å². The van der Waals surface area contributed by atoms with Crippen molar-refractivity contribution in [2.24, 2.45) is 16.8 Å². The van der Waals surface area contributed by atoms with E-state index in [0.29, 0.717) is 23.9 Å². The zero-order chi connectivity index (χ0) is 10.3. The molecule has 0 aromatic heterocycles. The number of guanidine groups is 1. The van der Waals surface area contributed by atoms with E-state index in [-0.39, 0.29) is 0 Å². The van der Waals surface area contributed by atoms with Gasteiger partial charge in [-0.25, -0.2) is 4.99 Å². The van der Waals surface area contributed by atoms with Crippen molar-refractivity contribution in [3.63, 3.8) is 0 Å². The lowest BCUT2D eigenvalue weighted by atomic mass is 10.0. The summed E-state index contributed by atoms with van der Waals surface area (Å²) in [5.41, 5.74) is 0. The molecule has 3 nitrogen and oxygen atoms in total. The van der Waals surface area contributed by atoms with Crippen LogP contribution in [0.5, 0.6) is 0 Å². The maximum Gasteiger partial charge on any atom is 0.194 e. The third-order valence-corrected chi connectivity index (χ3v) is 3.30. The Bertz CT molecular complexity index is 245. The summed E-state index contributed by atoms with van der Waals surface area (Å²) < 4.78 is 0. The fourth-order valence-corrected chi connectivity index (χ4v) is 2.07. The SMILES string of the molecule is CC(C)[C@H]1CN2C[C@H](C(C)C)NC2=N1. The van der Waals surface area contributed by atoms with Crippen LogP contribution in [0, 0.1) is 11.8 Å². The molecular formula is C11H21N3. The smallest absolute Gasteiger partial charge is 0.194 e. The molecule has 0 aromatic rings. The molecular weight excluding hydrogens is 174 g/mol. The van der Waals surface area contributed by atoms with Gasteiger partial charge in [0.05, 0.1) is 6.04 Å². The number of rotatable bonds is 2. The Morgan fingerprint density at radius 1 is 1.21 bits per heavy atom. The number of aliphatic imine (C=N–C) groups is 1. The van der Waals surface area contributed by atoms with E-state index in [2.05, 4.69) is 37.9 Å². The van der Waals surface area contributed by atoms with Gasteiger partial charge in [0.25, 0.3) is 0 Å². The molecule has 0 saturated carbocycles. The highest BCUT2D eigenvalue weighted by Gasteiger charge is 2.35. The molecule has 2 atom stereocenters. The van der Waals surface area contributed by atoms with E-state index in [0.717, 1.165) is 19.0 Å². The first-order valence-corrected chi connectivity index (χ1v) is 5.67. The van der Waals surface area contributed by atoms with Crippen LogP contribution in [0.25, 0.3) is 0 Å². The molecule has 1 N–H and O–H groups in total. The maximum absolute atomic E-state index is 4.71. The fourth-order valence-electron chi connectivity index (χ4n) is 2.07. The Labute approximate surface area is 86.6 Å². The molecule has 14 heavy (non-hydrogen) atoms. The molecule has 3 heteroatoms. The van der Waals surface area contributed by atoms with Crippen molar-refractivity contribution >= 4 is 5.96 Å². The van der Waals surface area contributed by atoms with Crippen LogP contribution in [-0.2, 0) is 0 Å². The largest absolute Gasteiger partial charge is 0.351 e. The average Bonchev–Trinajstić information content (AvgIpc) is 2.57. The van der Waals surface area contributed by atoms with Crippen molar-refractivity contribution in [2.75, 3.05) is 13.1 Å². The van der Waals surface area contributed by atoms with Gasteiger partial charge < -0.3 is 10.2 Å². The standard InChI is InChI=1S/C11H21N3/c1-7(2)9-5-14-6-10(8(3)4)13-11(14)12-9/h7-10H,5-6H2,1-4H3,(H,12,13)/t9-,10-/m1/s1. The molecule has 0 radical (unpaired) electrons. The highest BCUT2D eigenvalue weighted by molar-refractivity contribution is 5.84. The lowest BCUT2D eigenvalue weighted by Gasteiger charge is -2.18. The molecule has 0 aromatic carbocycles. The third-order valence-electron chi connectivity index (χ3n) is 3.30. The topological polar surface area (TPSA) is 27.6 Å². The Morgan fingerprint density at radius 3 is 2.43 bits per heavy atom. The van der Waals surface area contributed by atoms with E-state index >= 15 is 0 Å². The van der Waals surface area contributed by atoms with Crippen LogP contribution < -0.4 is 5.32 Å². The minimum Gasteiger partial charge on any atom is -0.351 e. The van der Waals surface area contributed by atoms with Gasteiger partial charge in [-0.1, -0.05) is 27.7 Å². The number of nitrogens with zero attached hydrogens (tertiary/aromatic N) is 2. The maximum atomic E-state index is 4.71. The summed E-state index contributed by atoms with van der Waals surface area (Å²) in [7, 11) is 0. The molecule has 2 aliphatic rings. The predicted molar refractivity (Wildman–Crippen MR) is 59.4 cm³/mol. The zero-order valence-electron chi connectivity index (χ0n) is 9.62. The van der Waals surface area contributed by atoms with Crippen LogP contribution in [-0.4, -0.2) is 36.0 Å². The molecule has 0 unspecified atom stereocenters. The normalized spacial score (nSPS) is 31.0. The molecule has 1 fully saturated rings. The number of nitrogens with one attached hydrogen (secondary N) is 1. The van der Waals surface area contributed by atoms with Gasteiger partial charge in [0.1, 0.15) is 0 Å². The van der Waals surface area contributed by atoms with E-state index in [1.807, 2.05) is 0 Å². The summed E-state index contributed by atoms with van der Waals surface area (Å²) in [4.78, 5) is 7.11. The highest BCUT2D eigenvalue weighted by atomic mass is 15.4. The van der Waals surface area contributed by atoms with Gasteiger partial charge in [0.15, 0.2) is 5.96 Å². The first-order chi connectivity index (χ1) is 6.58. The zero-order valence-corrected chi connectivity index (χ0v) is 9.62. The summed E-state index contributed by atoms with van der Waals surface area (Å²) in [5, 5.41) is 3.51. The van der Waals surface area contributed by atoms with E-state index < -0.39 is 0 Å². The molecule has 0 bridgehead atoms. The fraction of sp³-hybridized carbons (Fsp3) is 0.909. The van der Waals surface area contributed by atoms with Gasteiger partial charge >= 0.3 is 0 Å². The monoisotopic (exact) mass is 195 g/mol. The quantitative estimate of drug-likeness (QED) is 0.719.